The molecule has 13 heteroatoms. The standard InChI is InChI=1S/C80H153O12P/c1-15-19-22-25-28-31-34-37-40-42-45-48-51-54-57-84-71(60-86-74(81)56-53-50-47-44-41-38-35-32-29-26-23-20-16-2)61-87-93(14,83)92-78-76(90-79-69(12)62(5)65(8)72(18-4)88-79)67(10)64(7)68(11)77(78)91-80-70(13)63(6)66(9)73(89-80)59-75(82)85-58-55-52-49-46-43-39-36-33-30-27-24-21-17-3/h62-73,76-80H,15-61H2,1-14H3/t62?,63-,64-,65-,66-,67-,68?,69+,70?,71+,72?,73?,76?,77?,78-,79+,80+,93?/m0/s1. The number of ether oxygens (including phenoxy) is 7. The summed E-state index contributed by atoms with van der Waals surface area (Å²) in [5.41, 5.74) is 0. The zero-order chi connectivity index (χ0) is 68.1. The van der Waals surface area contributed by atoms with Crippen LogP contribution in [0.25, 0.3) is 0 Å². The van der Waals surface area contributed by atoms with Crippen LogP contribution in [-0.2, 0) is 56.4 Å². The third-order valence-electron chi connectivity index (χ3n) is 22.7. The molecule has 1 aliphatic carbocycles. The van der Waals surface area contributed by atoms with Crippen LogP contribution in [0, 0.1) is 53.3 Å². The minimum Gasteiger partial charge on any atom is -0.466 e. The maximum Gasteiger partial charge on any atom is 0.328 e. The predicted octanol–water partition coefficient (Wildman–Crippen LogP) is 23.5. The van der Waals surface area contributed by atoms with Crippen LogP contribution in [0.4, 0.5) is 0 Å². The molecule has 3 fully saturated rings. The van der Waals surface area contributed by atoms with Crippen LogP contribution >= 0.6 is 7.60 Å². The Balaban J connectivity index is 1.72. The van der Waals surface area contributed by atoms with Gasteiger partial charge in [0.15, 0.2) is 12.6 Å². The summed E-state index contributed by atoms with van der Waals surface area (Å²) < 4.78 is 75.3. The van der Waals surface area contributed by atoms with Crippen molar-refractivity contribution < 1.29 is 56.4 Å². The average molecular weight is 1340 g/mol. The molecule has 0 aromatic rings. The summed E-state index contributed by atoms with van der Waals surface area (Å²) in [5.74, 6) is 0.566. The van der Waals surface area contributed by atoms with Crippen molar-refractivity contribution in [1.82, 2.24) is 0 Å². The number of carbonyl (C=O) groups excluding carboxylic acids is 2. The SMILES string of the molecule is CCCCCCCCCCCCCCCCO[C@H](COC(=O)CCCCCCCCCCCCCCC)COP(C)(=O)O[C@@H]1C(O[C@H]2OC(CC(=O)OCCCCCCCCCCCCCCC)[C@@H](C)[C@H](C)C2C)C(C)[C@@H](C)[C@H](C)C1O[C@H]1OC(CC)[C@@H](C)C(C)[C@H]1C. The summed E-state index contributed by atoms with van der Waals surface area (Å²) >= 11 is 0. The van der Waals surface area contributed by atoms with Gasteiger partial charge in [0.05, 0.1) is 44.1 Å². The molecule has 3 aliphatic rings. The van der Waals surface area contributed by atoms with E-state index in [2.05, 4.69) is 90.0 Å². The number of rotatable bonds is 58. The maximum atomic E-state index is 15.3. The number of hydrogen-bond donors (Lipinski definition) is 0. The molecule has 93 heavy (non-hydrogen) atoms. The molecule has 0 bridgehead atoms. The highest BCUT2D eigenvalue weighted by Gasteiger charge is 2.54. The van der Waals surface area contributed by atoms with Gasteiger partial charge in [0.2, 0.25) is 0 Å². The maximum absolute atomic E-state index is 15.3. The molecule has 0 amide bonds. The summed E-state index contributed by atoms with van der Waals surface area (Å²) in [7, 11) is -3.91. The molecule has 0 N–H and O–H groups in total. The molecule has 0 aromatic heterocycles. The van der Waals surface area contributed by atoms with Crippen LogP contribution in [0.5, 0.6) is 0 Å². The second kappa shape index (κ2) is 52.8. The average Bonchev–Trinajstić information content (AvgIpc) is 0.783. The van der Waals surface area contributed by atoms with Crippen molar-refractivity contribution >= 4 is 19.5 Å². The van der Waals surface area contributed by atoms with E-state index in [9.17, 15) is 9.59 Å². The molecule has 0 spiro atoms. The van der Waals surface area contributed by atoms with Gasteiger partial charge in [-0.3, -0.25) is 18.7 Å². The molecule has 1 saturated carbocycles. The van der Waals surface area contributed by atoms with Gasteiger partial charge in [0, 0.05) is 31.5 Å². The van der Waals surface area contributed by atoms with Gasteiger partial charge >= 0.3 is 19.5 Å². The Bertz CT molecular complexity index is 1850. The molecule has 18 atom stereocenters. The van der Waals surface area contributed by atoms with Crippen molar-refractivity contribution in [2.75, 3.05) is 33.1 Å². The fraction of sp³-hybridized carbons (Fsp3) is 0.975. The van der Waals surface area contributed by atoms with Crippen molar-refractivity contribution in [3.63, 3.8) is 0 Å². The van der Waals surface area contributed by atoms with E-state index in [1.807, 2.05) is 0 Å². The minimum atomic E-state index is -3.91. The summed E-state index contributed by atoms with van der Waals surface area (Å²) in [6, 6.07) is 0. The zero-order valence-electron chi connectivity index (χ0n) is 63.4. The van der Waals surface area contributed by atoms with E-state index < -0.39 is 50.7 Å². The zero-order valence-corrected chi connectivity index (χ0v) is 64.3. The van der Waals surface area contributed by atoms with Crippen LogP contribution in [0.1, 0.15) is 366 Å². The van der Waals surface area contributed by atoms with E-state index in [-0.39, 0.29) is 79.1 Å². The lowest BCUT2D eigenvalue weighted by Gasteiger charge is -2.53. The van der Waals surface area contributed by atoms with Gasteiger partial charge in [-0.15, -0.1) is 0 Å². The summed E-state index contributed by atoms with van der Waals surface area (Å²) in [6.07, 6.45) is 47.6. The first kappa shape index (κ1) is 86.1. The van der Waals surface area contributed by atoms with Gasteiger partial charge < -0.3 is 37.7 Å². The van der Waals surface area contributed by atoms with Crippen LogP contribution in [0.3, 0.4) is 0 Å². The third kappa shape index (κ3) is 36.2. The van der Waals surface area contributed by atoms with E-state index in [0.29, 0.717) is 31.5 Å². The van der Waals surface area contributed by atoms with Gasteiger partial charge in [-0.25, -0.2) is 0 Å². The second-order valence-electron chi connectivity index (χ2n) is 30.5. The lowest BCUT2D eigenvalue weighted by atomic mass is 9.69. The molecule has 0 aromatic carbocycles. The largest absolute Gasteiger partial charge is 0.466 e. The number of unbranched alkanes of at least 4 members (excludes halogenated alkanes) is 37. The van der Waals surface area contributed by atoms with E-state index in [1.54, 1.807) is 6.66 Å². The van der Waals surface area contributed by atoms with Crippen molar-refractivity contribution in [3.8, 4) is 0 Å². The first-order chi connectivity index (χ1) is 44.9. The molecular formula is C80H153O12P. The van der Waals surface area contributed by atoms with Gasteiger partial charge in [0.25, 0.3) is 0 Å². The first-order valence-electron chi connectivity index (χ1n) is 40.4. The van der Waals surface area contributed by atoms with E-state index in [1.165, 1.54) is 205 Å². The Hall–Kier alpha value is -1.11. The van der Waals surface area contributed by atoms with Gasteiger partial charge in [0.1, 0.15) is 18.8 Å². The van der Waals surface area contributed by atoms with Gasteiger partial charge in [-0.1, -0.05) is 328 Å². The smallest absolute Gasteiger partial charge is 0.328 e. The fourth-order valence-corrected chi connectivity index (χ4v) is 16.1. The Labute approximate surface area is 574 Å². The molecule has 2 saturated heterocycles. The lowest BCUT2D eigenvalue weighted by Crippen LogP contribution is -2.60. The van der Waals surface area contributed by atoms with E-state index in [0.717, 1.165) is 57.8 Å². The number of carbonyl (C=O) groups is 2. The molecule has 2 heterocycles. The molecule has 2 aliphatic heterocycles. The second-order valence-corrected chi connectivity index (χ2v) is 32.5. The Kier molecular flexibility index (Phi) is 48.9. The first-order valence-corrected chi connectivity index (χ1v) is 42.3. The van der Waals surface area contributed by atoms with Crippen molar-refractivity contribution in [2.24, 2.45) is 53.3 Å². The number of hydrogen-bond acceptors (Lipinski definition) is 12. The minimum absolute atomic E-state index is 0.0101. The van der Waals surface area contributed by atoms with Crippen molar-refractivity contribution in [2.45, 2.75) is 415 Å². The normalized spacial score (nSPS) is 28.5. The fourth-order valence-electron chi connectivity index (χ4n) is 14.9. The highest BCUT2D eigenvalue weighted by Crippen LogP contribution is 2.53. The summed E-state index contributed by atoms with van der Waals surface area (Å²) in [5, 5.41) is 0. The van der Waals surface area contributed by atoms with E-state index >= 15 is 4.57 Å². The molecule has 8 unspecified atom stereocenters. The van der Waals surface area contributed by atoms with Gasteiger partial charge in [-0.2, -0.15) is 0 Å². The molecule has 550 valence electrons. The van der Waals surface area contributed by atoms with E-state index in [4.69, 9.17) is 42.2 Å². The summed E-state index contributed by atoms with van der Waals surface area (Å²) in [6.45, 7) is 31.4. The van der Waals surface area contributed by atoms with Crippen molar-refractivity contribution in [1.29, 1.82) is 0 Å². The van der Waals surface area contributed by atoms with Gasteiger partial charge in [-0.05, 0) is 67.1 Å². The number of esters is 2. The lowest BCUT2D eigenvalue weighted by molar-refractivity contribution is -0.320. The molecule has 0 radical (unpaired) electrons. The quantitative estimate of drug-likeness (QED) is 0.0326. The topological polar surface area (TPSA) is 134 Å². The van der Waals surface area contributed by atoms with Crippen LogP contribution in [0.2, 0.25) is 0 Å². The molecular weight excluding hydrogens is 1180 g/mol. The Morgan fingerprint density at radius 1 is 0.366 bits per heavy atom. The van der Waals surface area contributed by atoms with Crippen LogP contribution in [-0.4, -0.2) is 94.2 Å². The third-order valence-corrected chi connectivity index (χ3v) is 24.0. The van der Waals surface area contributed by atoms with Crippen molar-refractivity contribution in [3.05, 3.63) is 0 Å². The Morgan fingerprint density at radius 2 is 0.710 bits per heavy atom. The summed E-state index contributed by atoms with van der Waals surface area (Å²) in [4.78, 5) is 26.9. The monoisotopic (exact) mass is 1340 g/mol. The van der Waals surface area contributed by atoms with Crippen LogP contribution < -0.4 is 0 Å². The highest BCUT2D eigenvalue weighted by atomic mass is 31.2. The Morgan fingerprint density at radius 3 is 1.11 bits per heavy atom. The molecule has 12 nitrogen and oxygen atoms in total. The molecule has 3 rings (SSSR count). The predicted molar refractivity (Wildman–Crippen MR) is 387 cm³/mol. The van der Waals surface area contributed by atoms with Crippen LogP contribution in [0.15, 0.2) is 0 Å². The highest BCUT2D eigenvalue weighted by molar-refractivity contribution is 7.53.